The van der Waals surface area contributed by atoms with Gasteiger partial charge in [-0.1, -0.05) is 53.5 Å². The van der Waals surface area contributed by atoms with Crippen molar-refractivity contribution in [3.8, 4) is 0 Å². The molecule has 2 heterocycles. The third kappa shape index (κ3) is 3.48. The maximum Gasteiger partial charge on any atom is 0.252 e. The van der Waals surface area contributed by atoms with Crippen LogP contribution in [0.25, 0.3) is 0 Å². The molecule has 2 aliphatic heterocycles. The summed E-state index contributed by atoms with van der Waals surface area (Å²) in [7, 11) is 0. The molecule has 5 heteroatoms. The lowest BCUT2D eigenvalue weighted by Crippen LogP contribution is -2.60. The van der Waals surface area contributed by atoms with Gasteiger partial charge in [0.1, 0.15) is 0 Å². The molecule has 4 rings (SSSR count). The second-order valence-corrected chi connectivity index (χ2v) is 8.21. The van der Waals surface area contributed by atoms with Gasteiger partial charge in [-0.2, -0.15) is 0 Å². The third-order valence-corrected chi connectivity index (χ3v) is 6.11. The molecular weight excluding hydrogens is 367 g/mol. The molecule has 2 bridgehead atoms. The summed E-state index contributed by atoms with van der Waals surface area (Å²) in [6.07, 6.45) is 5.45. The number of piperidine rings is 1. The highest BCUT2D eigenvalue weighted by Gasteiger charge is 2.49. The van der Waals surface area contributed by atoms with Crippen LogP contribution in [0.4, 0.5) is 0 Å². The van der Waals surface area contributed by atoms with E-state index in [4.69, 9.17) is 23.2 Å². The first kappa shape index (κ1) is 17.8. The van der Waals surface area contributed by atoms with Crippen molar-refractivity contribution in [2.45, 2.75) is 50.4 Å². The van der Waals surface area contributed by atoms with Crippen LogP contribution >= 0.6 is 23.2 Å². The molecule has 0 radical (unpaired) electrons. The molecule has 2 unspecified atom stereocenters. The van der Waals surface area contributed by atoms with E-state index < -0.39 is 0 Å². The average Bonchev–Trinajstić information content (AvgIpc) is 2.80. The van der Waals surface area contributed by atoms with Gasteiger partial charge in [0.05, 0.1) is 5.66 Å². The Bertz CT molecular complexity index is 787. The molecule has 0 saturated carbocycles. The number of nitrogens with zero attached hydrogens (tertiary/aromatic N) is 1. The van der Waals surface area contributed by atoms with E-state index in [0.29, 0.717) is 21.7 Å². The minimum atomic E-state index is -0.273. The summed E-state index contributed by atoms with van der Waals surface area (Å²) in [6, 6.07) is 16.0. The number of carbonyl (C=O) groups excluding carboxylic acids is 1. The monoisotopic (exact) mass is 388 g/mol. The highest BCUT2D eigenvalue weighted by molar-refractivity contribution is 6.35. The van der Waals surface area contributed by atoms with Crippen LogP contribution in [0.1, 0.15) is 48.0 Å². The van der Waals surface area contributed by atoms with Gasteiger partial charge in [-0.15, -0.1) is 0 Å². The molecule has 0 aromatic heterocycles. The second kappa shape index (κ2) is 7.22. The molecule has 136 valence electrons. The van der Waals surface area contributed by atoms with Crippen molar-refractivity contribution in [1.29, 1.82) is 0 Å². The summed E-state index contributed by atoms with van der Waals surface area (Å²) >= 11 is 12.1. The number of hydrogen-bond donors (Lipinski definition) is 1. The number of halogens is 2. The van der Waals surface area contributed by atoms with E-state index in [1.165, 1.54) is 12.0 Å². The lowest BCUT2D eigenvalue weighted by atomic mass is 9.95. The summed E-state index contributed by atoms with van der Waals surface area (Å²) in [5, 5.41) is 4.30. The standard InChI is InChI=1S/C21H22Cl2N2O/c22-17-11-16(12-18(23)13-17)20(26)24-21-9-4-7-19(8-10-21)25(21)14-15-5-2-1-3-6-15/h1-3,5-6,11-13,19H,4,7-10,14H2,(H,24,26). The first-order valence-corrected chi connectivity index (χ1v) is 9.91. The Kier molecular flexibility index (Phi) is 4.96. The van der Waals surface area contributed by atoms with E-state index in [0.717, 1.165) is 32.2 Å². The van der Waals surface area contributed by atoms with Crippen molar-refractivity contribution >= 4 is 29.1 Å². The summed E-state index contributed by atoms with van der Waals surface area (Å²) in [6.45, 7) is 0.863. The van der Waals surface area contributed by atoms with Gasteiger partial charge in [0.15, 0.2) is 0 Å². The van der Waals surface area contributed by atoms with Crippen LogP contribution in [0, 0.1) is 0 Å². The molecule has 1 N–H and O–H groups in total. The topological polar surface area (TPSA) is 32.3 Å². The number of benzene rings is 2. The molecule has 2 aromatic rings. The zero-order chi connectivity index (χ0) is 18.1. The zero-order valence-electron chi connectivity index (χ0n) is 14.6. The second-order valence-electron chi connectivity index (χ2n) is 7.34. The minimum Gasteiger partial charge on any atom is -0.334 e. The lowest BCUT2D eigenvalue weighted by molar-refractivity contribution is 0.0185. The van der Waals surface area contributed by atoms with Crippen molar-refractivity contribution in [3.05, 3.63) is 69.7 Å². The number of carbonyl (C=O) groups is 1. The Balaban J connectivity index is 1.58. The van der Waals surface area contributed by atoms with Crippen LogP contribution in [0.2, 0.25) is 10.0 Å². The van der Waals surface area contributed by atoms with E-state index in [1.54, 1.807) is 18.2 Å². The number of hydrogen-bond acceptors (Lipinski definition) is 2. The van der Waals surface area contributed by atoms with Gasteiger partial charge in [-0.25, -0.2) is 0 Å². The molecule has 2 saturated heterocycles. The first-order valence-electron chi connectivity index (χ1n) is 9.15. The Morgan fingerprint density at radius 1 is 1.08 bits per heavy atom. The van der Waals surface area contributed by atoms with Gasteiger partial charge >= 0.3 is 0 Å². The molecule has 2 fully saturated rings. The number of nitrogens with one attached hydrogen (secondary N) is 1. The average molecular weight is 389 g/mol. The summed E-state index contributed by atoms with van der Waals surface area (Å²) < 4.78 is 0. The molecule has 3 nitrogen and oxygen atoms in total. The largest absolute Gasteiger partial charge is 0.334 e. The summed E-state index contributed by atoms with van der Waals surface area (Å²) in [4.78, 5) is 15.4. The van der Waals surface area contributed by atoms with Crippen LogP contribution in [0.3, 0.4) is 0 Å². The van der Waals surface area contributed by atoms with Gasteiger partial charge in [0, 0.05) is 28.2 Å². The van der Waals surface area contributed by atoms with Crippen LogP contribution < -0.4 is 5.32 Å². The molecule has 2 aliphatic rings. The van der Waals surface area contributed by atoms with Crippen molar-refractivity contribution in [2.75, 3.05) is 0 Å². The number of rotatable bonds is 4. The summed E-state index contributed by atoms with van der Waals surface area (Å²) in [5.41, 5.74) is 1.53. The van der Waals surface area contributed by atoms with E-state index in [1.807, 2.05) is 6.07 Å². The quantitative estimate of drug-likeness (QED) is 0.773. The summed E-state index contributed by atoms with van der Waals surface area (Å²) in [5.74, 6) is -0.102. The fraction of sp³-hybridized carbons (Fsp3) is 0.381. The minimum absolute atomic E-state index is 0.102. The smallest absolute Gasteiger partial charge is 0.252 e. The Labute approximate surface area is 164 Å². The van der Waals surface area contributed by atoms with Gasteiger partial charge in [0.2, 0.25) is 0 Å². The van der Waals surface area contributed by atoms with Crippen molar-refractivity contribution in [2.24, 2.45) is 0 Å². The van der Waals surface area contributed by atoms with Crippen molar-refractivity contribution < 1.29 is 4.79 Å². The predicted molar refractivity (Wildman–Crippen MR) is 106 cm³/mol. The molecule has 26 heavy (non-hydrogen) atoms. The van der Waals surface area contributed by atoms with E-state index in [2.05, 4.69) is 34.5 Å². The third-order valence-electron chi connectivity index (χ3n) is 5.68. The fourth-order valence-corrected chi connectivity index (χ4v) is 5.01. The van der Waals surface area contributed by atoms with Crippen LogP contribution in [0.5, 0.6) is 0 Å². The van der Waals surface area contributed by atoms with Crippen molar-refractivity contribution in [1.82, 2.24) is 10.2 Å². The first-order chi connectivity index (χ1) is 12.6. The molecule has 1 amide bonds. The van der Waals surface area contributed by atoms with Gasteiger partial charge in [-0.3, -0.25) is 9.69 Å². The van der Waals surface area contributed by atoms with Gasteiger partial charge in [0.25, 0.3) is 5.91 Å². The van der Waals surface area contributed by atoms with E-state index in [9.17, 15) is 4.79 Å². The SMILES string of the molecule is O=C(NC12CCCC(CC1)N2Cc1ccccc1)c1cc(Cl)cc(Cl)c1. The molecule has 2 aromatic carbocycles. The van der Waals surface area contributed by atoms with Crippen LogP contribution in [-0.4, -0.2) is 22.5 Å². The van der Waals surface area contributed by atoms with E-state index in [-0.39, 0.29) is 11.6 Å². The van der Waals surface area contributed by atoms with Crippen molar-refractivity contribution in [3.63, 3.8) is 0 Å². The van der Waals surface area contributed by atoms with Gasteiger partial charge < -0.3 is 5.32 Å². The molecule has 0 spiro atoms. The lowest BCUT2D eigenvalue weighted by Gasteiger charge is -2.45. The maximum atomic E-state index is 12.9. The molecular formula is C21H22Cl2N2O. The molecule has 0 aliphatic carbocycles. The Morgan fingerprint density at radius 3 is 2.54 bits per heavy atom. The van der Waals surface area contributed by atoms with Gasteiger partial charge in [-0.05, 0) is 55.9 Å². The fourth-order valence-electron chi connectivity index (χ4n) is 4.48. The number of amides is 1. The number of fused-ring (bicyclic) bond motifs is 2. The van der Waals surface area contributed by atoms with Crippen LogP contribution in [0.15, 0.2) is 48.5 Å². The highest BCUT2D eigenvalue weighted by atomic mass is 35.5. The predicted octanol–water partition coefficient (Wildman–Crippen LogP) is 5.27. The van der Waals surface area contributed by atoms with Crippen LogP contribution in [-0.2, 0) is 6.54 Å². The Morgan fingerprint density at radius 2 is 1.81 bits per heavy atom. The highest BCUT2D eigenvalue weighted by Crippen LogP contribution is 2.43. The Hall–Kier alpha value is -1.55. The zero-order valence-corrected chi connectivity index (χ0v) is 16.1. The van der Waals surface area contributed by atoms with E-state index >= 15 is 0 Å². The molecule has 2 atom stereocenters. The maximum absolute atomic E-state index is 12.9. The normalized spacial score (nSPS) is 25.2.